The fraction of sp³-hybridized carbons (Fsp3) is 0.500. The molecular weight excluding hydrogens is 290 g/mol. The van der Waals surface area contributed by atoms with Crippen LogP contribution in [0.15, 0.2) is 24.4 Å². The lowest BCUT2D eigenvalue weighted by molar-refractivity contribution is -0.137. The molecule has 1 aliphatic carbocycles. The van der Waals surface area contributed by atoms with E-state index in [0.717, 1.165) is 42.6 Å². The third-order valence-electron chi connectivity index (χ3n) is 5.65. The number of amides is 1. The summed E-state index contributed by atoms with van der Waals surface area (Å²) in [6.07, 6.45) is 5.03. The molecule has 1 aliphatic heterocycles. The maximum atomic E-state index is 12.6. The van der Waals surface area contributed by atoms with Crippen molar-refractivity contribution in [3.63, 3.8) is 0 Å². The molecular formula is C18H23N3O2. The maximum Gasteiger partial charge on any atom is 0.227 e. The molecule has 5 nitrogen and oxygen atoms in total. The van der Waals surface area contributed by atoms with Gasteiger partial charge in [-0.1, -0.05) is 6.07 Å². The van der Waals surface area contributed by atoms with Crippen molar-refractivity contribution in [2.24, 2.45) is 11.3 Å². The minimum atomic E-state index is -0.127. The molecule has 3 N–H and O–H groups in total. The SMILES string of the molecule is COc1cccc2[nH]cc(CCNC(=O)[C@]34CC[C@H]3CNC4)c12. The number of fused-ring (bicyclic) bond motifs is 2. The number of rotatable bonds is 5. The van der Waals surface area contributed by atoms with Gasteiger partial charge in [0.15, 0.2) is 0 Å². The number of carbonyl (C=O) groups is 1. The number of nitrogens with one attached hydrogen (secondary N) is 3. The summed E-state index contributed by atoms with van der Waals surface area (Å²) in [5, 5.41) is 7.64. The van der Waals surface area contributed by atoms with Gasteiger partial charge < -0.3 is 20.4 Å². The van der Waals surface area contributed by atoms with E-state index in [1.54, 1.807) is 7.11 Å². The van der Waals surface area contributed by atoms with Crippen molar-refractivity contribution >= 4 is 16.8 Å². The summed E-state index contributed by atoms with van der Waals surface area (Å²) < 4.78 is 5.46. The van der Waals surface area contributed by atoms with Crippen molar-refractivity contribution in [1.29, 1.82) is 0 Å². The number of hydrogen-bond acceptors (Lipinski definition) is 3. The second kappa shape index (κ2) is 5.57. The van der Waals surface area contributed by atoms with E-state index < -0.39 is 0 Å². The smallest absolute Gasteiger partial charge is 0.227 e. The summed E-state index contributed by atoms with van der Waals surface area (Å²) in [6.45, 7) is 2.50. The molecule has 0 radical (unpaired) electrons. The average Bonchev–Trinajstić information content (AvgIpc) is 3.09. The molecule has 0 bridgehead atoms. The van der Waals surface area contributed by atoms with Gasteiger partial charge >= 0.3 is 0 Å². The first-order chi connectivity index (χ1) is 11.2. The Hall–Kier alpha value is -2.01. The lowest BCUT2D eigenvalue weighted by Crippen LogP contribution is -2.52. The van der Waals surface area contributed by atoms with Crippen LogP contribution in [-0.4, -0.2) is 37.6 Å². The number of aromatic amines is 1. The predicted molar refractivity (Wildman–Crippen MR) is 89.6 cm³/mol. The van der Waals surface area contributed by atoms with E-state index in [1.807, 2.05) is 24.4 Å². The van der Waals surface area contributed by atoms with Crippen molar-refractivity contribution < 1.29 is 9.53 Å². The standard InChI is InChI=1S/C18H23N3O2/c1-23-15-4-2-3-14-16(15)12(9-21-14)6-8-20-17(22)18-7-5-13(18)10-19-11-18/h2-4,9,13,19,21H,5-8,10-11H2,1H3,(H,20,22)/t13-,18-/m0/s1. The fourth-order valence-corrected chi connectivity index (χ4v) is 4.15. The summed E-state index contributed by atoms with van der Waals surface area (Å²) in [6, 6.07) is 5.99. The third kappa shape index (κ3) is 2.22. The zero-order valence-electron chi connectivity index (χ0n) is 13.4. The van der Waals surface area contributed by atoms with Crippen LogP contribution < -0.4 is 15.4 Å². The quantitative estimate of drug-likeness (QED) is 0.789. The monoisotopic (exact) mass is 313 g/mol. The molecule has 1 aromatic heterocycles. The molecule has 1 aromatic carbocycles. The first kappa shape index (κ1) is 14.6. The number of ether oxygens (including phenoxy) is 1. The molecule has 0 unspecified atom stereocenters. The van der Waals surface area contributed by atoms with E-state index in [0.29, 0.717) is 12.5 Å². The summed E-state index contributed by atoms with van der Waals surface area (Å²) in [5.41, 5.74) is 2.13. The van der Waals surface area contributed by atoms with E-state index in [-0.39, 0.29) is 11.3 Å². The van der Waals surface area contributed by atoms with Gasteiger partial charge in [0.05, 0.1) is 12.5 Å². The third-order valence-corrected chi connectivity index (χ3v) is 5.65. The number of aromatic nitrogens is 1. The Morgan fingerprint density at radius 3 is 3.13 bits per heavy atom. The Kier molecular flexibility index (Phi) is 3.53. The minimum absolute atomic E-state index is 0.127. The molecule has 2 fully saturated rings. The van der Waals surface area contributed by atoms with Gasteiger partial charge in [-0.05, 0) is 49.4 Å². The van der Waals surface area contributed by atoms with Crippen LogP contribution in [0.1, 0.15) is 18.4 Å². The summed E-state index contributed by atoms with van der Waals surface area (Å²) in [4.78, 5) is 15.8. The molecule has 122 valence electrons. The Morgan fingerprint density at radius 1 is 1.48 bits per heavy atom. The fourth-order valence-electron chi connectivity index (χ4n) is 4.15. The highest BCUT2D eigenvalue weighted by atomic mass is 16.5. The molecule has 23 heavy (non-hydrogen) atoms. The Morgan fingerprint density at radius 2 is 2.39 bits per heavy atom. The molecule has 1 amide bonds. The van der Waals surface area contributed by atoms with Crippen LogP contribution in [-0.2, 0) is 11.2 Å². The highest BCUT2D eigenvalue weighted by molar-refractivity contribution is 5.89. The highest BCUT2D eigenvalue weighted by Crippen LogP contribution is 2.49. The lowest BCUT2D eigenvalue weighted by Gasteiger charge is -2.42. The average molecular weight is 313 g/mol. The number of hydrogen-bond donors (Lipinski definition) is 3. The Labute approximate surface area is 135 Å². The minimum Gasteiger partial charge on any atom is -0.496 e. The Bertz CT molecular complexity index is 739. The van der Waals surface area contributed by atoms with Crippen molar-refractivity contribution in [2.45, 2.75) is 19.3 Å². The summed E-state index contributed by atoms with van der Waals surface area (Å²) in [7, 11) is 1.69. The topological polar surface area (TPSA) is 66.1 Å². The van der Waals surface area contributed by atoms with Crippen molar-refractivity contribution in [3.8, 4) is 5.75 Å². The highest BCUT2D eigenvalue weighted by Gasteiger charge is 2.54. The summed E-state index contributed by atoms with van der Waals surface area (Å²) >= 11 is 0. The van der Waals surface area contributed by atoms with E-state index in [1.165, 1.54) is 12.0 Å². The van der Waals surface area contributed by atoms with Gasteiger partial charge in [-0.15, -0.1) is 0 Å². The molecule has 2 aromatic rings. The Balaban J connectivity index is 1.43. The lowest BCUT2D eigenvalue weighted by atomic mass is 9.61. The number of H-pyrrole nitrogens is 1. The van der Waals surface area contributed by atoms with Gasteiger partial charge in [0, 0.05) is 30.2 Å². The molecule has 2 atom stereocenters. The molecule has 1 saturated heterocycles. The van der Waals surface area contributed by atoms with E-state index in [2.05, 4.69) is 15.6 Å². The van der Waals surface area contributed by atoms with Crippen LogP contribution in [0.2, 0.25) is 0 Å². The molecule has 2 heterocycles. The van der Waals surface area contributed by atoms with Gasteiger partial charge in [-0.2, -0.15) is 0 Å². The first-order valence-corrected chi connectivity index (χ1v) is 8.36. The van der Waals surface area contributed by atoms with Crippen LogP contribution in [0.4, 0.5) is 0 Å². The van der Waals surface area contributed by atoms with Gasteiger partial charge in [0.2, 0.25) is 5.91 Å². The van der Waals surface area contributed by atoms with E-state index >= 15 is 0 Å². The van der Waals surface area contributed by atoms with E-state index in [4.69, 9.17) is 4.74 Å². The molecule has 4 rings (SSSR count). The van der Waals surface area contributed by atoms with Gasteiger partial charge in [-0.3, -0.25) is 4.79 Å². The number of benzene rings is 1. The van der Waals surface area contributed by atoms with E-state index in [9.17, 15) is 4.79 Å². The number of carbonyl (C=O) groups excluding carboxylic acids is 1. The predicted octanol–water partition coefficient (Wildman–Crippen LogP) is 1.83. The second-order valence-electron chi connectivity index (χ2n) is 6.73. The van der Waals surface area contributed by atoms with Crippen LogP contribution >= 0.6 is 0 Å². The van der Waals surface area contributed by atoms with Crippen molar-refractivity contribution in [3.05, 3.63) is 30.0 Å². The number of methoxy groups -OCH3 is 1. The van der Waals surface area contributed by atoms with Gasteiger partial charge in [-0.25, -0.2) is 0 Å². The molecule has 1 saturated carbocycles. The maximum absolute atomic E-state index is 12.6. The van der Waals surface area contributed by atoms with Crippen molar-refractivity contribution in [2.75, 3.05) is 26.7 Å². The van der Waals surface area contributed by atoms with Crippen LogP contribution in [0, 0.1) is 11.3 Å². The molecule has 0 spiro atoms. The first-order valence-electron chi connectivity index (χ1n) is 8.36. The normalized spacial score (nSPS) is 25.9. The summed E-state index contributed by atoms with van der Waals surface area (Å²) in [5.74, 6) is 1.64. The molecule has 5 heteroatoms. The van der Waals surface area contributed by atoms with Gasteiger partial charge in [0.1, 0.15) is 5.75 Å². The second-order valence-corrected chi connectivity index (χ2v) is 6.73. The molecule has 2 aliphatic rings. The largest absolute Gasteiger partial charge is 0.496 e. The van der Waals surface area contributed by atoms with Crippen LogP contribution in [0.5, 0.6) is 5.75 Å². The van der Waals surface area contributed by atoms with Crippen molar-refractivity contribution in [1.82, 2.24) is 15.6 Å². The van der Waals surface area contributed by atoms with Crippen LogP contribution in [0.25, 0.3) is 10.9 Å². The zero-order valence-corrected chi connectivity index (χ0v) is 13.4. The van der Waals surface area contributed by atoms with Crippen LogP contribution in [0.3, 0.4) is 0 Å². The van der Waals surface area contributed by atoms with Gasteiger partial charge in [0.25, 0.3) is 0 Å². The zero-order chi connectivity index (χ0) is 15.9.